The summed E-state index contributed by atoms with van der Waals surface area (Å²) >= 11 is 0. The minimum absolute atomic E-state index is 0.246. The first-order chi connectivity index (χ1) is 7.95. The molecule has 1 amide bonds. The highest BCUT2D eigenvalue weighted by atomic mass is 16.1. The van der Waals surface area contributed by atoms with Crippen molar-refractivity contribution in [3.8, 4) is 0 Å². The Labute approximate surface area is 104 Å². The molecule has 1 rings (SSSR count). The van der Waals surface area contributed by atoms with Crippen molar-refractivity contribution < 1.29 is 4.79 Å². The van der Waals surface area contributed by atoms with E-state index in [2.05, 4.69) is 24.0 Å². The maximum absolute atomic E-state index is 11.3. The standard InChI is InChI=1S/C14H22N2O/c1-4-16(11-14(2,3)13(15)17)10-12-8-6-5-7-9-12/h5-9H,4,10-11H2,1-3H3,(H2,15,17). The highest BCUT2D eigenvalue weighted by Gasteiger charge is 2.27. The van der Waals surface area contributed by atoms with Crippen LogP contribution >= 0.6 is 0 Å². The van der Waals surface area contributed by atoms with Crippen molar-refractivity contribution in [2.45, 2.75) is 27.3 Å². The summed E-state index contributed by atoms with van der Waals surface area (Å²) in [6.07, 6.45) is 0. The molecule has 0 aliphatic heterocycles. The molecule has 17 heavy (non-hydrogen) atoms. The normalized spacial score (nSPS) is 11.8. The van der Waals surface area contributed by atoms with E-state index in [1.165, 1.54) is 5.56 Å². The minimum atomic E-state index is -0.481. The molecular weight excluding hydrogens is 212 g/mol. The van der Waals surface area contributed by atoms with Gasteiger partial charge in [0.2, 0.25) is 5.91 Å². The maximum Gasteiger partial charge on any atom is 0.224 e. The number of rotatable bonds is 6. The Hall–Kier alpha value is -1.35. The Bertz CT molecular complexity index is 360. The van der Waals surface area contributed by atoms with Crippen molar-refractivity contribution in [2.75, 3.05) is 13.1 Å². The summed E-state index contributed by atoms with van der Waals surface area (Å²) < 4.78 is 0. The summed E-state index contributed by atoms with van der Waals surface area (Å²) in [7, 11) is 0. The van der Waals surface area contributed by atoms with Crippen LogP contribution in [-0.2, 0) is 11.3 Å². The third-order valence-corrected chi connectivity index (χ3v) is 2.98. The fourth-order valence-electron chi connectivity index (χ4n) is 1.76. The van der Waals surface area contributed by atoms with Crippen LogP contribution in [0, 0.1) is 5.41 Å². The van der Waals surface area contributed by atoms with Crippen LogP contribution in [0.2, 0.25) is 0 Å². The van der Waals surface area contributed by atoms with Gasteiger partial charge in [0.25, 0.3) is 0 Å². The molecule has 0 heterocycles. The van der Waals surface area contributed by atoms with E-state index in [0.29, 0.717) is 6.54 Å². The number of hydrogen-bond acceptors (Lipinski definition) is 2. The van der Waals surface area contributed by atoms with Gasteiger partial charge in [0.05, 0.1) is 5.41 Å². The zero-order valence-corrected chi connectivity index (χ0v) is 10.9. The number of nitrogens with zero attached hydrogens (tertiary/aromatic N) is 1. The van der Waals surface area contributed by atoms with Gasteiger partial charge in [0, 0.05) is 13.1 Å². The van der Waals surface area contributed by atoms with Crippen LogP contribution in [0.25, 0.3) is 0 Å². The van der Waals surface area contributed by atoms with Crippen molar-refractivity contribution in [2.24, 2.45) is 11.1 Å². The molecular formula is C14H22N2O. The third-order valence-electron chi connectivity index (χ3n) is 2.98. The molecule has 3 heteroatoms. The quantitative estimate of drug-likeness (QED) is 0.818. The second-order valence-corrected chi connectivity index (χ2v) is 5.04. The Balaban J connectivity index is 2.64. The van der Waals surface area contributed by atoms with Crippen molar-refractivity contribution >= 4 is 5.91 Å². The number of amides is 1. The summed E-state index contributed by atoms with van der Waals surface area (Å²) in [4.78, 5) is 13.6. The number of hydrogen-bond donors (Lipinski definition) is 1. The molecule has 0 aliphatic carbocycles. The highest BCUT2D eigenvalue weighted by Crippen LogP contribution is 2.17. The third kappa shape index (κ3) is 4.19. The zero-order valence-electron chi connectivity index (χ0n) is 10.9. The summed E-state index contributed by atoms with van der Waals surface area (Å²) in [6.45, 7) is 8.33. The lowest BCUT2D eigenvalue weighted by molar-refractivity contribution is -0.127. The Morgan fingerprint density at radius 2 is 1.88 bits per heavy atom. The molecule has 0 spiro atoms. The lowest BCUT2D eigenvalue weighted by Crippen LogP contribution is -2.42. The summed E-state index contributed by atoms with van der Waals surface area (Å²) in [5.74, 6) is -0.246. The molecule has 3 nitrogen and oxygen atoms in total. The molecule has 0 saturated carbocycles. The second-order valence-electron chi connectivity index (χ2n) is 5.04. The highest BCUT2D eigenvalue weighted by molar-refractivity contribution is 5.80. The number of carbonyl (C=O) groups is 1. The van der Waals surface area contributed by atoms with E-state index in [1.807, 2.05) is 32.0 Å². The van der Waals surface area contributed by atoms with E-state index in [-0.39, 0.29) is 5.91 Å². The van der Waals surface area contributed by atoms with Gasteiger partial charge in [-0.3, -0.25) is 9.69 Å². The van der Waals surface area contributed by atoms with Crippen molar-refractivity contribution in [1.29, 1.82) is 0 Å². The zero-order chi connectivity index (χ0) is 12.9. The average Bonchev–Trinajstić information content (AvgIpc) is 2.29. The van der Waals surface area contributed by atoms with Gasteiger partial charge in [-0.05, 0) is 26.0 Å². The van der Waals surface area contributed by atoms with E-state index in [0.717, 1.165) is 13.1 Å². The van der Waals surface area contributed by atoms with Gasteiger partial charge in [0.15, 0.2) is 0 Å². The predicted molar refractivity (Wildman–Crippen MR) is 70.4 cm³/mol. The van der Waals surface area contributed by atoms with Crippen LogP contribution < -0.4 is 5.73 Å². The summed E-state index contributed by atoms with van der Waals surface area (Å²) in [5, 5.41) is 0. The molecule has 0 aliphatic rings. The smallest absolute Gasteiger partial charge is 0.224 e. The van der Waals surface area contributed by atoms with Gasteiger partial charge in [-0.15, -0.1) is 0 Å². The van der Waals surface area contributed by atoms with Crippen LogP contribution in [0.5, 0.6) is 0 Å². The van der Waals surface area contributed by atoms with Crippen LogP contribution in [0.4, 0.5) is 0 Å². The number of primary amides is 1. The van der Waals surface area contributed by atoms with Gasteiger partial charge in [0.1, 0.15) is 0 Å². The largest absolute Gasteiger partial charge is 0.369 e. The molecule has 2 N–H and O–H groups in total. The molecule has 0 bridgehead atoms. The molecule has 0 atom stereocenters. The van der Waals surface area contributed by atoms with E-state index < -0.39 is 5.41 Å². The fourth-order valence-corrected chi connectivity index (χ4v) is 1.76. The van der Waals surface area contributed by atoms with Crippen LogP contribution in [0.1, 0.15) is 26.3 Å². The molecule has 0 saturated heterocycles. The van der Waals surface area contributed by atoms with E-state index in [1.54, 1.807) is 0 Å². The molecule has 0 aromatic heterocycles. The van der Waals surface area contributed by atoms with Crippen molar-refractivity contribution in [3.63, 3.8) is 0 Å². The van der Waals surface area contributed by atoms with E-state index in [4.69, 9.17) is 5.73 Å². The van der Waals surface area contributed by atoms with Crippen LogP contribution in [0.15, 0.2) is 30.3 Å². The van der Waals surface area contributed by atoms with Crippen molar-refractivity contribution in [3.05, 3.63) is 35.9 Å². The first-order valence-corrected chi connectivity index (χ1v) is 6.02. The van der Waals surface area contributed by atoms with Crippen molar-refractivity contribution in [1.82, 2.24) is 4.90 Å². The van der Waals surface area contributed by atoms with Gasteiger partial charge in [-0.1, -0.05) is 37.3 Å². The lowest BCUT2D eigenvalue weighted by atomic mass is 9.92. The first-order valence-electron chi connectivity index (χ1n) is 6.02. The number of benzene rings is 1. The SMILES string of the molecule is CCN(Cc1ccccc1)CC(C)(C)C(N)=O. The number of carbonyl (C=O) groups excluding carboxylic acids is 1. The first kappa shape index (κ1) is 13.7. The van der Waals surface area contributed by atoms with Crippen LogP contribution in [-0.4, -0.2) is 23.9 Å². The number of nitrogens with two attached hydrogens (primary N) is 1. The summed E-state index contributed by atoms with van der Waals surface area (Å²) in [5.41, 5.74) is 6.18. The molecule has 1 aromatic rings. The molecule has 0 fully saturated rings. The van der Waals surface area contributed by atoms with Gasteiger partial charge < -0.3 is 5.73 Å². The van der Waals surface area contributed by atoms with Gasteiger partial charge >= 0.3 is 0 Å². The Kier molecular flexibility index (Phi) is 4.70. The van der Waals surface area contributed by atoms with Gasteiger partial charge in [-0.25, -0.2) is 0 Å². The molecule has 0 radical (unpaired) electrons. The van der Waals surface area contributed by atoms with Gasteiger partial charge in [-0.2, -0.15) is 0 Å². The summed E-state index contributed by atoms with van der Waals surface area (Å²) in [6, 6.07) is 10.3. The maximum atomic E-state index is 11.3. The Morgan fingerprint density at radius 3 is 2.35 bits per heavy atom. The van der Waals surface area contributed by atoms with E-state index >= 15 is 0 Å². The predicted octanol–water partition coefficient (Wildman–Crippen LogP) is 2.02. The minimum Gasteiger partial charge on any atom is -0.369 e. The molecule has 94 valence electrons. The molecule has 0 unspecified atom stereocenters. The monoisotopic (exact) mass is 234 g/mol. The fraction of sp³-hybridized carbons (Fsp3) is 0.500. The van der Waals surface area contributed by atoms with Crippen LogP contribution in [0.3, 0.4) is 0 Å². The Morgan fingerprint density at radius 1 is 1.29 bits per heavy atom. The lowest BCUT2D eigenvalue weighted by Gasteiger charge is -2.29. The average molecular weight is 234 g/mol. The molecule has 1 aromatic carbocycles. The van der Waals surface area contributed by atoms with E-state index in [9.17, 15) is 4.79 Å². The topological polar surface area (TPSA) is 46.3 Å². The second kappa shape index (κ2) is 5.82.